The van der Waals surface area contributed by atoms with Crippen LogP contribution in [0.3, 0.4) is 0 Å². The van der Waals surface area contributed by atoms with Crippen molar-refractivity contribution in [3.63, 3.8) is 0 Å². The van der Waals surface area contributed by atoms with Crippen LogP contribution in [-0.2, 0) is 14.3 Å². The van der Waals surface area contributed by atoms with Gasteiger partial charge >= 0.3 is 0 Å². The molecule has 0 unspecified atom stereocenters. The minimum Gasteiger partial charge on any atom is -0.349 e. The average molecular weight is 490 g/mol. The molecule has 2 fully saturated rings. The summed E-state index contributed by atoms with van der Waals surface area (Å²) in [6.45, 7) is 1.78. The number of Topliss-reactive ketones (excluding diaryl/α,β-unsaturated/α-hetero) is 2. The molecule has 2 aliphatic heterocycles. The number of halogens is 2. The topological polar surface area (TPSA) is 80.8 Å². The number of ether oxygens (including phenoxy) is 1. The van der Waals surface area contributed by atoms with E-state index >= 15 is 0 Å². The molecular weight excluding hydrogens is 473 g/mol. The zero-order chi connectivity index (χ0) is 24.6. The van der Waals surface area contributed by atoms with Gasteiger partial charge in [0.05, 0.1) is 23.6 Å². The molecule has 1 aliphatic carbocycles. The monoisotopic (exact) mass is 489 g/mol. The Morgan fingerprint density at radius 1 is 0.886 bits per heavy atom. The Labute approximate surface area is 204 Å². The number of anilines is 1. The van der Waals surface area contributed by atoms with Gasteiger partial charge in [0.2, 0.25) is 29.0 Å². The second-order valence-corrected chi connectivity index (χ2v) is 9.39. The number of carbonyl (C=O) groups excluding carboxylic acids is 4. The van der Waals surface area contributed by atoms with Crippen molar-refractivity contribution in [3.8, 4) is 0 Å². The lowest BCUT2D eigenvalue weighted by Gasteiger charge is -2.27. The van der Waals surface area contributed by atoms with E-state index in [1.807, 2.05) is 0 Å². The molecule has 2 saturated heterocycles. The van der Waals surface area contributed by atoms with Crippen molar-refractivity contribution >= 4 is 40.7 Å². The van der Waals surface area contributed by atoms with Gasteiger partial charge in [-0.3, -0.25) is 19.2 Å². The van der Waals surface area contributed by atoms with E-state index in [9.17, 15) is 23.6 Å². The molecular formula is C27H17ClFNO5. The van der Waals surface area contributed by atoms with Crippen molar-refractivity contribution in [2.45, 2.75) is 18.6 Å². The second-order valence-electron chi connectivity index (χ2n) is 8.98. The normalized spacial score (nSPS) is 24.4. The maximum Gasteiger partial charge on any atom is 0.241 e. The standard InChI is InChI=1S/C27H17ClFNO5/c1-13-9-10-16(12-19(13)28)30-25(33)20-21(26(30)34)27(35-22(20)14-5-4-6-15(29)11-14)23(31)17-7-2-3-8-18(17)24(27)32/h2-12,20-22H,1H3/t20-,21+,22-/m1/s1. The summed E-state index contributed by atoms with van der Waals surface area (Å²) in [4.78, 5) is 55.9. The molecule has 1 spiro atoms. The number of nitrogens with zero attached hydrogens (tertiary/aromatic N) is 1. The largest absolute Gasteiger partial charge is 0.349 e. The summed E-state index contributed by atoms with van der Waals surface area (Å²) in [6.07, 6.45) is -1.18. The van der Waals surface area contributed by atoms with Crippen LogP contribution in [0, 0.1) is 24.6 Å². The predicted octanol–water partition coefficient (Wildman–Crippen LogP) is 4.48. The number of carbonyl (C=O) groups is 4. The van der Waals surface area contributed by atoms with Crippen LogP contribution in [0.4, 0.5) is 10.1 Å². The maximum absolute atomic E-state index is 14.1. The van der Waals surface area contributed by atoms with Crippen molar-refractivity contribution < 1.29 is 28.3 Å². The van der Waals surface area contributed by atoms with Crippen LogP contribution in [0.2, 0.25) is 5.02 Å². The van der Waals surface area contributed by atoms with Gasteiger partial charge in [-0.15, -0.1) is 0 Å². The number of fused-ring (bicyclic) bond motifs is 3. The fourth-order valence-electron chi connectivity index (χ4n) is 5.48. The van der Waals surface area contributed by atoms with Crippen LogP contribution in [0.15, 0.2) is 66.7 Å². The number of hydrogen-bond acceptors (Lipinski definition) is 5. The molecule has 3 aromatic carbocycles. The third-order valence-electron chi connectivity index (χ3n) is 7.11. The van der Waals surface area contributed by atoms with Gasteiger partial charge in [0.15, 0.2) is 0 Å². The summed E-state index contributed by atoms with van der Waals surface area (Å²) in [6, 6.07) is 16.4. The van der Waals surface area contributed by atoms with E-state index in [1.165, 1.54) is 36.4 Å². The minimum absolute atomic E-state index is 0.133. The molecule has 8 heteroatoms. The minimum atomic E-state index is -2.21. The van der Waals surface area contributed by atoms with Crippen molar-refractivity contribution in [2.24, 2.45) is 11.8 Å². The van der Waals surface area contributed by atoms with E-state index in [-0.39, 0.29) is 22.4 Å². The summed E-state index contributed by atoms with van der Waals surface area (Å²) in [7, 11) is 0. The van der Waals surface area contributed by atoms with E-state index in [1.54, 1.807) is 37.3 Å². The van der Waals surface area contributed by atoms with Gasteiger partial charge in [-0.25, -0.2) is 9.29 Å². The Bertz CT molecular complexity index is 1450. The molecule has 35 heavy (non-hydrogen) atoms. The number of ketones is 2. The Kier molecular flexibility index (Phi) is 4.62. The van der Waals surface area contributed by atoms with Crippen LogP contribution in [0.5, 0.6) is 0 Å². The first-order valence-corrected chi connectivity index (χ1v) is 11.4. The van der Waals surface area contributed by atoms with Gasteiger partial charge < -0.3 is 4.74 Å². The Morgan fingerprint density at radius 3 is 2.20 bits per heavy atom. The van der Waals surface area contributed by atoms with Crippen LogP contribution in [-0.4, -0.2) is 29.0 Å². The highest BCUT2D eigenvalue weighted by Crippen LogP contribution is 2.57. The van der Waals surface area contributed by atoms with Gasteiger partial charge in [-0.1, -0.05) is 54.1 Å². The SMILES string of the molecule is Cc1ccc(N2C(=O)[C@H]3[C@@H](c4cccc(F)c4)OC4(C(=O)c5ccccc5C4=O)[C@@H]3C2=O)cc1Cl. The third-order valence-corrected chi connectivity index (χ3v) is 7.52. The van der Waals surface area contributed by atoms with Crippen LogP contribution in [0.1, 0.15) is 37.9 Å². The molecule has 3 atom stereocenters. The maximum atomic E-state index is 14.1. The van der Waals surface area contributed by atoms with Gasteiger partial charge in [0, 0.05) is 16.1 Å². The summed E-state index contributed by atoms with van der Waals surface area (Å²) < 4.78 is 20.3. The van der Waals surface area contributed by atoms with Crippen LogP contribution < -0.4 is 4.90 Å². The predicted molar refractivity (Wildman–Crippen MR) is 124 cm³/mol. The van der Waals surface area contributed by atoms with E-state index in [2.05, 4.69) is 0 Å². The first kappa shape index (κ1) is 21.8. The third kappa shape index (κ3) is 2.79. The quantitative estimate of drug-likeness (QED) is 0.391. The zero-order valence-corrected chi connectivity index (χ0v) is 19.1. The summed E-state index contributed by atoms with van der Waals surface area (Å²) in [5.74, 6) is -5.89. The molecule has 0 N–H and O–H groups in total. The first-order valence-electron chi connectivity index (χ1n) is 11.0. The molecule has 0 bridgehead atoms. The lowest BCUT2D eigenvalue weighted by atomic mass is 9.77. The molecule has 2 heterocycles. The fraction of sp³-hybridized carbons (Fsp3) is 0.185. The second kappa shape index (κ2) is 7.41. The van der Waals surface area contributed by atoms with Gasteiger partial charge in [0.25, 0.3) is 0 Å². The molecule has 0 radical (unpaired) electrons. The van der Waals surface area contributed by atoms with Crippen molar-refractivity contribution in [1.82, 2.24) is 0 Å². The van der Waals surface area contributed by atoms with Gasteiger partial charge in [0.1, 0.15) is 5.82 Å². The van der Waals surface area contributed by atoms with Crippen molar-refractivity contribution in [3.05, 3.63) is 99.8 Å². The van der Waals surface area contributed by atoms with E-state index in [4.69, 9.17) is 16.3 Å². The number of hydrogen-bond donors (Lipinski definition) is 0. The van der Waals surface area contributed by atoms with E-state index in [0.717, 1.165) is 10.5 Å². The smallest absolute Gasteiger partial charge is 0.241 e. The lowest BCUT2D eigenvalue weighted by molar-refractivity contribution is -0.127. The molecule has 3 aliphatic rings. The van der Waals surface area contributed by atoms with Crippen molar-refractivity contribution in [1.29, 1.82) is 0 Å². The summed E-state index contributed by atoms with van der Waals surface area (Å²) >= 11 is 6.25. The number of rotatable bonds is 2. The Morgan fingerprint density at radius 2 is 1.57 bits per heavy atom. The molecule has 0 aromatic heterocycles. The lowest BCUT2D eigenvalue weighted by Crippen LogP contribution is -2.51. The highest BCUT2D eigenvalue weighted by atomic mass is 35.5. The number of aryl methyl sites for hydroxylation is 1. The fourth-order valence-corrected chi connectivity index (χ4v) is 5.65. The number of imide groups is 1. The Hall–Kier alpha value is -3.68. The summed E-state index contributed by atoms with van der Waals surface area (Å²) in [5.41, 5.74) is -0.696. The molecule has 3 aromatic rings. The van der Waals surface area contributed by atoms with Crippen molar-refractivity contribution in [2.75, 3.05) is 4.90 Å². The number of benzene rings is 3. The molecule has 0 saturated carbocycles. The molecule has 6 rings (SSSR count). The van der Waals surface area contributed by atoms with E-state index < -0.39 is 52.7 Å². The number of amides is 2. The molecule has 6 nitrogen and oxygen atoms in total. The Balaban J connectivity index is 1.55. The van der Waals surface area contributed by atoms with Gasteiger partial charge in [-0.05, 0) is 42.3 Å². The molecule has 2 amide bonds. The van der Waals surface area contributed by atoms with Crippen LogP contribution >= 0.6 is 11.6 Å². The highest BCUT2D eigenvalue weighted by molar-refractivity contribution is 6.37. The first-order chi connectivity index (χ1) is 16.8. The van der Waals surface area contributed by atoms with Gasteiger partial charge in [-0.2, -0.15) is 0 Å². The van der Waals surface area contributed by atoms with E-state index in [0.29, 0.717) is 5.02 Å². The van der Waals surface area contributed by atoms with Crippen LogP contribution in [0.25, 0.3) is 0 Å². The summed E-state index contributed by atoms with van der Waals surface area (Å²) in [5, 5.41) is 0.355. The zero-order valence-electron chi connectivity index (χ0n) is 18.3. The highest BCUT2D eigenvalue weighted by Gasteiger charge is 2.74. The average Bonchev–Trinajstić information content (AvgIpc) is 3.41. The molecule has 174 valence electrons.